The highest BCUT2D eigenvalue weighted by molar-refractivity contribution is 6.15. The van der Waals surface area contributed by atoms with Crippen LogP contribution >= 0.6 is 0 Å². The lowest BCUT2D eigenvalue weighted by Crippen LogP contribution is -2.46. The Bertz CT molecular complexity index is 1480. The monoisotopic (exact) mass is 506 g/mol. The average Bonchev–Trinajstić information content (AvgIpc) is 3.18. The van der Waals surface area contributed by atoms with Crippen LogP contribution in [-0.2, 0) is 13.1 Å². The van der Waals surface area contributed by atoms with Gasteiger partial charge >= 0.3 is 6.61 Å². The molecule has 7 nitrogen and oxygen atoms in total. The summed E-state index contributed by atoms with van der Waals surface area (Å²) in [5.41, 5.74) is 2.13. The van der Waals surface area contributed by atoms with Crippen molar-refractivity contribution in [2.24, 2.45) is 5.92 Å². The van der Waals surface area contributed by atoms with Crippen LogP contribution in [0.25, 0.3) is 6.08 Å². The Morgan fingerprint density at radius 1 is 1.05 bits per heavy atom. The van der Waals surface area contributed by atoms with E-state index in [2.05, 4.69) is 9.64 Å². The van der Waals surface area contributed by atoms with E-state index in [0.717, 1.165) is 18.7 Å². The Morgan fingerprint density at radius 2 is 1.89 bits per heavy atom. The molecule has 3 aliphatic rings. The third kappa shape index (κ3) is 4.29. The molecule has 3 aromatic rings. The van der Waals surface area contributed by atoms with Crippen LogP contribution in [-0.4, -0.2) is 40.1 Å². The summed E-state index contributed by atoms with van der Waals surface area (Å²) in [6, 6.07) is 14.5. The van der Waals surface area contributed by atoms with Gasteiger partial charge in [0.05, 0.1) is 11.1 Å². The van der Waals surface area contributed by atoms with Gasteiger partial charge in [-0.25, -0.2) is 0 Å². The first-order valence-electron chi connectivity index (χ1n) is 12.1. The van der Waals surface area contributed by atoms with Gasteiger partial charge in [-0.2, -0.15) is 8.78 Å². The average molecular weight is 507 g/mol. The number of allylic oxidation sites excluding steroid dienone is 1. The van der Waals surface area contributed by atoms with E-state index in [0.29, 0.717) is 36.7 Å². The van der Waals surface area contributed by atoms with E-state index in [1.165, 1.54) is 24.3 Å². The van der Waals surface area contributed by atoms with Crippen molar-refractivity contribution in [1.82, 2.24) is 9.47 Å². The Kier molecular flexibility index (Phi) is 5.79. The third-order valence-electron chi connectivity index (χ3n) is 7.27. The summed E-state index contributed by atoms with van der Waals surface area (Å²) in [5, 5.41) is 10.7. The first-order valence-corrected chi connectivity index (χ1v) is 12.1. The molecule has 2 atom stereocenters. The van der Waals surface area contributed by atoms with Crippen molar-refractivity contribution in [3.8, 4) is 17.2 Å². The number of ketones is 1. The Hall–Kier alpha value is -3.98. The second-order valence-electron chi connectivity index (χ2n) is 9.69. The molecule has 2 bridgehead atoms. The van der Waals surface area contributed by atoms with Gasteiger partial charge in [0, 0.05) is 49.4 Å². The van der Waals surface area contributed by atoms with E-state index < -0.39 is 12.4 Å². The largest absolute Gasteiger partial charge is 0.507 e. The molecule has 0 aliphatic carbocycles. The number of hydrogen-bond acceptors (Lipinski definition) is 6. The highest BCUT2D eigenvalue weighted by Crippen LogP contribution is 2.42. The van der Waals surface area contributed by atoms with E-state index in [9.17, 15) is 23.5 Å². The van der Waals surface area contributed by atoms with E-state index in [1.54, 1.807) is 30.3 Å². The van der Waals surface area contributed by atoms with Crippen LogP contribution in [0.1, 0.15) is 39.5 Å². The van der Waals surface area contributed by atoms with Crippen LogP contribution < -0.4 is 15.0 Å². The summed E-state index contributed by atoms with van der Waals surface area (Å²) in [5.74, 6) is 0.291. The molecule has 9 heteroatoms. The minimum Gasteiger partial charge on any atom is -0.507 e. The topological polar surface area (TPSA) is 81.0 Å². The fourth-order valence-electron chi connectivity index (χ4n) is 5.74. The van der Waals surface area contributed by atoms with Gasteiger partial charge in [-0.15, -0.1) is 0 Å². The zero-order valence-electron chi connectivity index (χ0n) is 19.8. The highest BCUT2D eigenvalue weighted by Gasteiger charge is 2.37. The summed E-state index contributed by atoms with van der Waals surface area (Å²) in [6.07, 6.45) is 2.38. The lowest BCUT2D eigenvalue weighted by atomic mass is 9.83. The minimum atomic E-state index is -3.00. The van der Waals surface area contributed by atoms with Crippen molar-refractivity contribution < 1.29 is 28.2 Å². The number of aromatic nitrogens is 1. The molecule has 6 rings (SSSR count). The fraction of sp³-hybridized carbons (Fsp3) is 0.286. The van der Waals surface area contributed by atoms with Crippen LogP contribution in [0, 0.1) is 5.92 Å². The van der Waals surface area contributed by atoms with Crippen molar-refractivity contribution in [3.05, 3.63) is 93.1 Å². The predicted octanol–water partition coefficient (Wildman–Crippen LogP) is 4.39. The van der Waals surface area contributed by atoms with E-state index in [4.69, 9.17) is 4.74 Å². The molecular weight excluding hydrogens is 482 g/mol. The van der Waals surface area contributed by atoms with Gasteiger partial charge in [-0.1, -0.05) is 24.3 Å². The molecule has 0 spiro atoms. The van der Waals surface area contributed by atoms with E-state index in [-0.39, 0.29) is 40.0 Å². The summed E-state index contributed by atoms with van der Waals surface area (Å²) < 4.78 is 38.0. The molecule has 0 radical (unpaired) electrons. The van der Waals surface area contributed by atoms with Crippen LogP contribution in [0.2, 0.25) is 0 Å². The number of phenolic OH excluding ortho intramolecular Hbond substituents is 1. The van der Waals surface area contributed by atoms with Crippen molar-refractivity contribution in [3.63, 3.8) is 0 Å². The zero-order valence-corrected chi connectivity index (χ0v) is 19.8. The van der Waals surface area contributed by atoms with Gasteiger partial charge in [0.15, 0.2) is 5.76 Å². The molecule has 1 N–H and O–H groups in total. The van der Waals surface area contributed by atoms with Crippen molar-refractivity contribution in [2.75, 3.05) is 13.1 Å². The molecule has 37 heavy (non-hydrogen) atoms. The number of aromatic hydroxyl groups is 1. The van der Waals surface area contributed by atoms with Crippen molar-refractivity contribution in [1.29, 1.82) is 0 Å². The molecular formula is C28H24F2N2O5. The number of piperidine rings is 1. The number of alkyl halides is 2. The molecule has 1 aromatic heterocycles. The number of pyridine rings is 1. The molecule has 1 fully saturated rings. The molecule has 0 unspecified atom stereocenters. The minimum absolute atomic E-state index is 0.0154. The quantitative estimate of drug-likeness (QED) is 0.517. The molecule has 0 saturated carbocycles. The van der Waals surface area contributed by atoms with Crippen molar-refractivity contribution >= 4 is 11.9 Å². The lowest BCUT2D eigenvalue weighted by Gasteiger charge is -2.42. The molecule has 4 heterocycles. The van der Waals surface area contributed by atoms with Crippen LogP contribution in [0.5, 0.6) is 17.2 Å². The molecule has 2 aromatic carbocycles. The SMILES string of the molecule is O=C1C(=Cc2ccccc2OC(F)F)Oc2c1ccc(O)c2CN1C[C@@H]2C[C@@H](C1)c1cccc(=O)n1C2. The fourth-order valence-corrected chi connectivity index (χ4v) is 5.74. The van der Waals surface area contributed by atoms with Gasteiger partial charge in [0.2, 0.25) is 5.78 Å². The predicted molar refractivity (Wildman–Crippen MR) is 131 cm³/mol. The number of ether oxygens (including phenoxy) is 2. The van der Waals surface area contributed by atoms with E-state index in [1.807, 2.05) is 10.6 Å². The third-order valence-corrected chi connectivity index (χ3v) is 7.27. The smallest absolute Gasteiger partial charge is 0.387 e. The number of Topliss-reactive ketones (excluding diaryl/α,β-unsaturated/α-hetero) is 1. The standard InChI is InChI=1S/C28H24F2N2O5/c29-28(30)37-23-6-2-1-4-17(23)11-24-26(35)19-8-9-22(33)20(27(19)36-24)15-31-12-16-10-18(14-31)21-5-3-7-25(34)32(21)13-16/h1-9,11,16,18,28,33H,10,12-15H2/t16-,18-/m0/s1. The summed E-state index contributed by atoms with van der Waals surface area (Å²) in [6.45, 7) is -0.531. The van der Waals surface area contributed by atoms with Crippen LogP contribution in [0.15, 0.2) is 65.2 Å². The summed E-state index contributed by atoms with van der Waals surface area (Å²) in [7, 11) is 0. The second-order valence-corrected chi connectivity index (χ2v) is 9.69. The first kappa shape index (κ1) is 23.4. The van der Waals surface area contributed by atoms with Gasteiger partial charge in [-0.05, 0) is 42.7 Å². The van der Waals surface area contributed by atoms with Gasteiger partial charge in [0.1, 0.15) is 17.2 Å². The van der Waals surface area contributed by atoms with E-state index >= 15 is 0 Å². The Balaban J connectivity index is 1.28. The van der Waals surface area contributed by atoms with Gasteiger partial charge in [0.25, 0.3) is 5.56 Å². The summed E-state index contributed by atoms with van der Waals surface area (Å²) in [4.78, 5) is 27.7. The van der Waals surface area contributed by atoms with Crippen LogP contribution in [0.4, 0.5) is 8.78 Å². The van der Waals surface area contributed by atoms with Gasteiger partial charge in [-0.3, -0.25) is 14.5 Å². The number of fused-ring (bicyclic) bond motifs is 5. The highest BCUT2D eigenvalue weighted by atomic mass is 19.3. The number of hydrogen-bond donors (Lipinski definition) is 1. The zero-order chi connectivity index (χ0) is 25.7. The number of para-hydroxylation sites is 1. The number of benzene rings is 2. The molecule has 1 saturated heterocycles. The number of nitrogens with zero attached hydrogens (tertiary/aromatic N) is 2. The number of rotatable bonds is 5. The molecule has 0 amide bonds. The number of carbonyl (C=O) groups is 1. The Morgan fingerprint density at radius 3 is 2.73 bits per heavy atom. The number of carbonyl (C=O) groups excluding carboxylic acids is 1. The maximum absolute atomic E-state index is 13.1. The first-order chi connectivity index (χ1) is 17.9. The maximum Gasteiger partial charge on any atom is 0.387 e. The lowest BCUT2D eigenvalue weighted by molar-refractivity contribution is -0.0499. The number of phenols is 1. The molecule has 3 aliphatic heterocycles. The van der Waals surface area contributed by atoms with Gasteiger partial charge < -0.3 is 19.1 Å². The number of likely N-dealkylation sites (tertiary alicyclic amines) is 1. The molecule has 190 valence electrons. The van der Waals surface area contributed by atoms with Crippen LogP contribution in [0.3, 0.4) is 0 Å². The van der Waals surface area contributed by atoms with Crippen molar-refractivity contribution in [2.45, 2.75) is 32.0 Å². The second kappa shape index (κ2) is 9.15. The normalized spacial score (nSPS) is 21.6. The maximum atomic E-state index is 13.1. The number of halogens is 2. The summed E-state index contributed by atoms with van der Waals surface area (Å²) >= 11 is 0. The Labute approximate surface area is 211 Å².